The van der Waals surface area contributed by atoms with Gasteiger partial charge in [-0.3, -0.25) is 4.79 Å². The molecular formula is C42H75N3O15. The maximum absolute atomic E-state index is 13.4. The van der Waals surface area contributed by atoms with Crippen molar-refractivity contribution in [2.75, 3.05) is 32.9 Å². The molecule has 0 aromatic rings. The van der Waals surface area contributed by atoms with Gasteiger partial charge in [-0.2, -0.15) is 0 Å². The number of nitrogens with two attached hydrogens (primary N) is 1. The first-order valence-electron chi connectivity index (χ1n) is 21.6. The fourth-order valence-corrected chi connectivity index (χ4v) is 7.79. The molecule has 348 valence electrons. The molecule has 2 amide bonds. The quantitative estimate of drug-likeness (QED) is 0.132. The van der Waals surface area contributed by atoms with E-state index in [-0.39, 0.29) is 51.4 Å². The Hall–Kier alpha value is -2.39. The molecule has 18 heteroatoms. The van der Waals surface area contributed by atoms with Crippen LogP contribution >= 0.6 is 0 Å². The summed E-state index contributed by atoms with van der Waals surface area (Å²) < 4.78 is 53.5. The van der Waals surface area contributed by atoms with Crippen LogP contribution in [0.2, 0.25) is 0 Å². The van der Waals surface area contributed by atoms with Crippen LogP contribution in [-0.4, -0.2) is 155 Å². The predicted molar refractivity (Wildman–Crippen MR) is 216 cm³/mol. The molecule has 1 saturated carbocycles. The lowest BCUT2D eigenvalue weighted by Crippen LogP contribution is -2.67. The largest absolute Gasteiger partial charge is 0.460 e. The van der Waals surface area contributed by atoms with Gasteiger partial charge in [0.25, 0.3) is 0 Å². The minimum atomic E-state index is -1.61. The minimum Gasteiger partial charge on any atom is -0.460 e. The van der Waals surface area contributed by atoms with E-state index in [9.17, 15) is 29.7 Å². The van der Waals surface area contributed by atoms with E-state index in [1.54, 1.807) is 67.2 Å². The Labute approximate surface area is 355 Å². The summed E-state index contributed by atoms with van der Waals surface area (Å²) in [5.74, 6) is -1.84. The molecule has 4 aliphatic rings. The Bertz CT molecular complexity index is 1390. The third kappa shape index (κ3) is 15.4. The van der Waals surface area contributed by atoms with Crippen molar-refractivity contribution in [1.82, 2.24) is 10.2 Å². The normalized spacial score (nSPS) is 35.6. The lowest BCUT2D eigenvalue weighted by atomic mass is 9.80. The summed E-state index contributed by atoms with van der Waals surface area (Å²) in [5, 5.41) is 37.5. The number of rotatable bonds is 13. The summed E-state index contributed by atoms with van der Waals surface area (Å²) in [6.07, 6.45) is -6.03. The number of hydrogen-bond donors (Lipinski definition) is 5. The Balaban J connectivity index is 1.52. The minimum absolute atomic E-state index is 0.0508. The zero-order valence-electron chi connectivity index (χ0n) is 37.7. The van der Waals surface area contributed by atoms with Crippen molar-refractivity contribution in [3.8, 4) is 0 Å². The number of alkyl carbamates (subject to hydrolysis) is 1. The molecule has 18 nitrogen and oxygen atoms in total. The second-order valence-electron chi connectivity index (χ2n) is 20.0. The molecule has 3 heterocycles. The number of nitrogens with zero attached hydrogens (tertiary/aromatic N) is 1. The predicted octanol–water partition coefficient (Wildman–Crippen LogP) is 3.48. The van der Waals surface area contributed by atoms with Gasteiger partial charge in [-0.1, -0.05) is 6.92 Å². The lowest BCUT2D eigenvalue weighted by molar-refractivity contribution is -0.317. The molecule has 3 aliphatic heterocycles. The highest BCUT2D eigenvalue weighted by atomic mass is 16.7. The highest BCUT2D eigenvalue weighted by Gasteiger charge is 2.53. The Kier molecular flexibility index (Phi) is 17.5. The lowest BCUT2D eigenvalue weighted by Gasteiger charge is -2.49. The van der Waals surface area contributed by atoms with E-state index < -0.39 is 102 Å². The van der Waals surface area contributed by atoms with Crippen molar-refractivity contribution in [1.29, 1.82) is 0 Å². The van der Waals surface area contributed by atoms with E-state index in [1.807, 2.05) is 6.92 Å². The number of hydrogen-bond acceptors (Lipinski definition) is 16. The molecule has 13 atom stereocenters. The summed E-state index contributed by atoms with van der Waals surface area (Å²) in [4.78, 5) is 40.9. The van der Waals surface area contributed by atoms with E-state index >= 15 is 0 Å². The smallest absolute Gasteiger partial charge is 0.410 e. The Morgan fingerprint density at radius 1 is 0.850 bits per heavy atom. The highest BCUT2D eigenvalue weighted by molar-refractivity contribution is 5.70. The maximum Gasteiger partial charge on any atom is 0.410 e. The molecule has 0 radical (unpaired) electrons. The monoisotopic (exact) mass is 862 g/mol. The second kappa shape index (κ2) is 20.9. The van der Waals surface area contributed by atoms with Gasteiger partial charge in [-0.05, 0) is 108 Å². The van der Waals surface area contributed by atoms with Gasteiger partial charge in [0.2, 0.25) is 0 Å². The van der Waals surface area contributed by atoms with Gasteiger partial charge < -0.3 is 73.9 Å². The fraction of sp³-hybridized carbons (Fsp3) is 0.929. The van der Waals surface area contributed by atoms with Crippen molar-refractivity contribution >= 4 is 18.2 Å². The van der Waals surface area contributed by atoms with Crippen molar-refractivity contribution in [2.24, 2.45) is 17.6 Å². The Morgan fingerprint density at radius 3 is 2.12 bits per heavy atom. The van der Waals surface area contributed by atoms with Gasteiger partial charge in [-0.25, -0.2) is 9.59 Å². The van der Waals surface area contributed by atoms with E-state index in [1.165, 1.54) is 6.92 Å². The first-order valence-corrected chi connectivity index (χ1v) is 21.6. The Morgan fingerprint density at radius 2 is 1.50 bits per heavy atom. The summed E-state index contributed by atoms with van der Waals surface area (Å²) in [7, 11) is 0. The zero-order chi connectivity index (χ0) is 44.8. The van der Waals surface area contributed by atoms with Gasteiger partial charge in [0, 0.05) is 31.0 Å². The third-order valence-corrected chi connectivity index (χ3v) is 10.8. The number of nitrogens with one attached hydrogen (secondary N) is 1. The van der Waals surface area contributed by atoms with Crippen LogP contribution < -0.4 is 11.1 Å². The van der Waals surface area contributed by atoms with Crippen LogP contribution in [0.3, 0.4) is 0 Å². The highest BCUT2D eigenvalue weighted by Crippen LogP contribution is 2.37. The average molecular weight is 862 g/mol. The number of amides is 2. The number of ether oxygens (including phenoxy) is 9. The molecule has 60 heavy (non-hydrogen) atoms. The average Bonchev–Trinajstić information content (AvgIpc) is 3.10. The molecule has 0 spiro atoms. The number of esters is 1. The van der Waals surface area contributed by atoms with Crippen LogP contribution in [0.5, 0.6) is 0 Å². The SMILES string of the molecule is CC1CC[C@@H](CN(CCOC2CCCCO2)C(=O)OC(C)(C)C)O[C@@H]1OC1C(O)C(O[C@H]2OCC(C)(O)[C@H](CC(=O)OC(C)(C)C)C2O)[C@H](N)C[C@@H]1NC(=O)OC(C)(C)C. The third-order valence-electron chi connectivity index (χ3n) is 10.8. The zero-order valence-corrected chi connectivity index (χ0v) is 37.7. The van der Waals surface area contributed by atoms with Crippen LogP contribution in [0.15, 0.2) is 0 Å². The molecule has 6 N–H and O–H groups in total. The summed E-state index contributed by atoms with van der Waals surface area (Å²) in [6.45, 7) is 20.1. The topological polar surface area (TPSA) is 236 Å². The molecule has 0 bridgehead atoms. The second-order valence-corrected chi connectivity index (χ2v) is 20.0. The summed E-state index contributed by atoms with van der Waals surface area (Å²) in [6, 6.07) is -1.79. The molecule has 4 rings (SSSR count). The maximum atomic E-state index is 13.4. The van der Waals surface area contributed by atoms with E-state index in [0.29, 0.717) is 19.4 Å². The van der Waals surface area contributed by atoms with E-state index in [4.69, 9.17) is 48.4 Å². The fourth-order valence-electron chi connectivity index (χ4n) is 7.79. The van der Waals surface area contributed by atoms with Crippen LogP contribution in [0.1, 0.15) is 121 Å². The molecule has 4 fully saturated rings. The molecule has 0 aromatic carbocycles. The van der Waals surface area contributed by atoms with E-state index in [0.717, 1.165) is 19.3 Å². The van der Waals surface area contributed by atoms with Gasteiger partial charge in [0.1, 0.15) is 41.2 Å². The summed E-state index contributed by atoms with van der Waals surface area (Å²) >= 11 is 0. The molecule has 1 aliphatic carbocycles. The van der Waals surface area contributed by atoms with Crippen molar-refractivity contribution in [2.45, 2.75) is 205 Å². The van der Waals surface area contributed by atoms with Gasteiger partial charge in [0.15, 0.2) is 18.9 Å². The van der Waals surface area contributed by atoms with Crippen LogP contribution in [0.25, 0.3) is 0 Å². The van der Waals surface area contributed by atoms with Crippen molar-refractivity contribution < 1.29 is 72.3 Å². The molecule has 0 aromatic heterocycles. The number of aliphatic hydroxyl groups is 3. The first-order chi connectivity index (χ1) is 27.7. The van der Waals surface area contributed by atoms with Gasteiger partial charge in [0.05, 0.1) is 43.9 Å². The number of carbonyl (C=O) groups is 3. The van der Waals surface area contributed by atoms with E-state index in [2.05, 4.69) is 5.32 Å². The van der Waals surface area contributed by atoms with Gasteiger partial charge >= 0.3 is 18.2 Å². The van der Waals surface area contributed by atoms with Crippen LogP contribution in [0, 0.1) is 11.8 Å². The first kappa shape index (κ1) is 50.3. The number of carbonyl (C=O) groups excluding carboxylic acids is 3. The van der Waals surface area contributed by atoms with Crippen molar-refractivity contribution in [3.05, 3.63) is 0 Å². The van der Waals surface area contributed by atoms with Crippen LogP contribution in [-0.2, 0) is 47.4 Å². The molecular weight excluding hydrogens is 786 g/mol. The van der Waals surface area contributed by atoms with Crippen LogP contribution in [0.4, 0.5) is 9.59 Å². The van der Waals surface area contributed by atoms with Gasteiger partial charge in [-0.15, -0.1) is 0 Å². The summed E-state index contributed by atoms with van der Waals surface area (Å²) in [5.41, 5.74) is 2.67. The number of aliphatic hydroxyl groups excluding tert-OH is 2. The standard InChI is InChI=1S/C42H75N3O15/c1-24-15-16-25(22-45(38(50)60-41(8,9)10)17-19-53-30-14-12-13-18-52-30)55-35(24)57-34-28(44-37(49)59-40(5,6)7)21-27(43)33(32(34)48)56-36-31(47)26(42(11,51)23-54-36)20-29(46)58-39(2,3)4/h24-28,30-36,47-48,51H,12-23,43H2,1-11H3,(H,44,49)/t24?,25-,26+,27+,28-,30?,31?,32?,33?,34?,35+,36+,42?/m0/s1. The molecule has 7 unspecified atom stereocenters. The molecule has 3 saturated heterocycles. The van der Waals surface area contributed by atoms with Crippen molar-refractivity contribution in [3.63, 3.8) is 0 Å².